The van der Waals surface area contributed by atoms with Gasteiger partial charge < -0.3 is 4.84 Å². The topological polar surface area (TPSA) is 80.6 Å². The standard InChI is InChI=1S/C28H27N5O3/c1-2-26(34)36-32-16-13-29-25(32)19-31-14-11-28(12-15-31)22-8-4-6-10-24(22)33(27(28)35)21-17-20-7-3-5-9-23(20)30-18-21/h3-10,13,16-18H,2,11-12,14-15,19H2,1H3. The smallest absolute Gasteiger partial charge is 0.332 e. The summed E-state index contributed by atoms with van der Waals surface area (Å²) in [7, 11) is 0. The molecule has 1 spiro atoms. The van der Waals surface area contributed by atoms with Gasteiger partial charge in [0, 0.05) is 18.0 Å². The molecule has 2 aliphatic rings. The van der Waals surface area contributed by atoms with Crippen LogP contribution in [-0.4, -0.2) is 44.6 Å². The highest BCUT2D eigenvalue weighted by Gasteiger charge is 2.52. The average Bonchev–Trinajstić information content (AvgIpc) is 3.44. The average molecular weight is 482 g/mol. The Morgan fingerprint density at radius 1 is 1.06 bits per heavy atom. The van der Waals surface area contributed by atoms with Gasteiger partial charge in [-0.15, -0.1) is 0 Å². The largest absolute Gasteiger partial charge is 0.335 e. The molecule has 1 saturated heterocycles. The molecule has 0 radical (unpaired) electrons. The van der Waals surface area contributed by atoms with E-state index in [4.69, 9.17) is 4.84 Å². The number of benzene rings is 2. The van der Waals surface area contributed by atoms with Crippen molar-refractivity contribution in [3.8, 4) is 0 Å². The van der Waals surface area contributed by atoms with Gasteiger partial charge in [0.25, 0.3) is 0 Å². The molecule has 2 aliphatic heterocycles. The lowest BCUT2D eigenvalue weighted by molar-refractivity contribution is -0.144. The fourth-order valence-corrected chi connectivity index (χ4v) is 5.42. The first kappa shape index (κ1) is 22.4. The molecule has 36 heavy (non-hydrogen) atoms. The third-order valence-corrected chi connectivity index (χ3v) is 7.35. The summed E-state index contributed by atoms with van der Waals surface area (Å²) in [5, 5.41) is 1.01. The highest BCUT2D eigenvalue weighted by atomic mass is 16.7. The third kappa shape index (κ3) is 3.65. The molecule has 0 atom stereocenters. The molecule has 4 heterocycles. The van der Waals surface area contributed by atoms with Gasteiger partial charge in [-0.25, -0.2) is 9.78 Å². The molecule has 0 bridgehead atoms. The number of nitrogens with zero attached hydrogens (tertiary/aromatic N) is 5. The lowest BCUT2D eigenvalue weighted by atomic mass is 9.73. The van der Waals surface area contributed by atoms with Gasteiger partial charge in [-0.3, -0.25) is 19.6 Å². The predicted octanol–water partition coefficient (Wildman–Crippen LogP) is 4.01. The molecular weight excluding hydrogens is 454 g/mol. The third-order valence-electron chi connectivity index (χ3n) is 7.35. The Hall–Kier alpha value is -4.04. The van der Waals surface area contributed by atoms with E-state index in [1.165, 1.54) is 4.73 Å². The number of pyridine rings is 1. The molecule has 0 aliphatic carbocycles. The quantitative estimate of drug-likeness (QED) is 0.429. The Balaban J connectivity index is 1.26. The zero-order chi connectivity index (χ0) is 24.7. The fraction of sp³-hybridized carbons (Fsp3) is 0.286. The van der Waals surface area contributed by atoms with E-state index in [2.05, 4.69) is 20.9 Å². The summed E-state index contributed by atoms with van der Waals surface area (Å²) in [4.78, 5) is 44.3. The highest BCUT2D eigenvalue weighted by molar-refractivity contribution is 6.13. The normalized spacial score (nSPS) is 17.0. The first-order chi connectivity index (χ1) is 17.6. The zero-order valence-corrected chi connectivity index (χ0v) is 20.1. The van der Waals surface area contributed by atoms with Crippen LogP contribution in [0.25, 0.3) is 10.9 Å². The van der Waals surface area contributed by atoms with Crippen LogP contribution in [0.2, 0.25) is 0 Å². The Kier molecular flexibility index (Phi) is 5.53. The van der Waals surface area contributed by atoms with Gasteiger partial charge in [-0.05, 0) is 49.7 Å². The number of carbonyl (C=O) groups excluding carboxylic acids is 2. The number of hydrogen-bond donors (Lipinski definition) is 0. The predicted molar refractivity (Wildman–Crippen MR) is 136 cm³/mol. The van der Waals surface area contributed by atoms with Crippen molar-refractivity contribution in [3.05, 3.63) is 84.6 Å². The number of carbonyl (C=O) groups is 2. The summed E-state index contributed by atoms with van der Waals surface area (Å²) in [5.41, 5.74) is 3.16. The maximum atomic E-state index is 14.1. The molecule has 2 aromatic heterocycles. The Bertz CT molecular complexity index is 1450. The molecule has 1 fully saturated rings. The molecule has 1 amide bonds. The van der Waals surface area contributed by atoms with Crippen molar-refractivity contribution in [2.45, 2.75) is 38.1 Å². The first-order valence-electron chi connectivity index (χ1n) is 12.3. The van der Waals surface area contributed by atoms with Gasteiger partial charge in [0.2, 0.25) is 5.91 Å². The van der Waals surface area contributed by atoms with Gasteiger partial charge in [-0.1, -0.05) is 43.3 Å². The van der Waals surface area contributed by atoms with Crippen molar-refractivity contribution < 1.29 is 14.4 Å². The Labute approximate surface area is 209 Å². The van der Waals surface area contributed by atoms with Crippen LogP contribution in [0.4, 0.5) is 11.4 Å². The molecule has 8 heteroatoms. The second kappa shape index (κ2) is 8.87. The lowest BCUT2D eigenvalue weighted by Gasteiger charge is -2.38. The SMILES string of the molecule is CCC(=O)On1ccnc1CN1CCC2(CC1)C(=O)N(c1cnc3ccccc3c1)c1ccccc12. The van der Waals surface area contributed by atoms with Crippen LogP contribution in [0, 0.1) is 0 Å². The van der Waals surface area contributed by atoms with Crippen molar-refractivity contribution in [2.75, 3.05) is 18.0 Å². The number of hydrogen-bond acceptors (Lipinski definition) is 6. The maximum Gasteiger partial charge on any atom is 0.332 e. The number of amides is 1. The van der Waals surface area contributed by atoms with E-state index in [9.17, 15) is 9.59 Å². The van der Waals surface area contributed by atoms with Gasteiger partial charge >= 0.3 is 5.97 Å². The van der Waals surface area contributed by atoms with Crippen LogP contribution in [0.1, 0.15) is 37.6 Å². The number of rotatable bonds is 5. The van der Waals surface area contributed by atoms with Crippen LogP contribution >= 0.6 is 0 Å². The molecule has 6 rings (SSSR count). The molecule has 4 aromatic rings. The number of para-hydroxylation sites is 2. The number of aromatic nitrogens is 3. The van der Waals surface area contributed by atoms with Crippen molar-refractivity contribution >= 4 is 34.2 Å². The van der Waals surface area contributed by atoms with Crippen molar-refractivity contribution in [3.63, 3.8) is 0 Å². The van der Waals surface area contributed by atoms with E-state index < -0.39 is 5.41 Å². The monoisotopic (exact) mass is 481 g/mol. The summed E-state index contributed by atoms with van der Waals surface area (Å²) < 4.78 is 1.45. The van der Waals surface area contributed by atoms with E-state index in [1.807, 2.05) is 53.4 Å². The summed E-state index contributed by atoms with van der Waals surface area (Å²) in [6, 6.07) is 18.1. The minimum absolute atomic E-state index is 0.110. The van der Waals surface area contributed by atoms with Gasteiger partial charge in [0.1, 0.15) is 0 Å². The van der Waals surface area contributed by atoms with E-state index in [1.54, 1.807) is 25.5 Å². The van der Waals surface area contributed by atoms with Crippen molar-refractivity contribution in [1.29, 1.82) is 0 Å². The molecule has 0 N–H and O–H groups in total. The number of imidazole rings is 1. The second-order valence-corrected chi connectivity index (χ2v) is 9.39. The number of piperidine rings is 1. The zero-order valence-electron chi connectivity index (χ0n) is 20.1. The highest BCUT2D eigenvalue weighted by Crippen LogP contribution is 2.50. The Morgan fingerprint density at radius 3 is 2.67 bits per heavy atom. The lowest BCUT2D eigenvalue weighted by Crippen LogP contribution is -2.48. The maximum absolute atomic E-state index is 14.1. The van der Waals surface area contributed by atoms with Crippen LogP contribution in [-0.2, 0) is 21.5 Å². The van der Waals surface area contributed by atoms with E-state index in [0.717, 1.165) is 40.9 Å². The fourth-order valence-electron chi connectivity index (χ4n) is 5.42. The number of likely N-dealkylation sites (tertiary alicyclic amines) is 1. The number of fused-ring (bicyclic) bond motifs is 3. The molecule has 8 nitrogen and oxygen atoms in total. The molecule has 0 saturated carbocycles. The minimum atomic E-state index is -0.567. The summed E-state index contributed by atoms with van der Waals surface area (Å²) in [6.45, 7) is 3.78. The van der Waals surface area contributed by atoms with Gasteiger partial charge in [0.05, 0.1) is 41.2 Å². The van der Waals surface area contributed by atoms with E-state index >= 15 is 0 Å². The Morgan fingerprint density at radius 2 is 1.83 bits per heavy atom. The summed E-state index contributed by atoms with van der Waals surface area (Å²) in [6.07, 6.45) is 6.79. The summed E-state index contributed by atoms with van der Waals surface area (Å²) >= 11 is 0. The first-order valence-corrected chi connectivity index (χ1v) is 12.3. The van der Waals surface area contributed by atoms with Gasteiger partial charge in [-0.2, -0.15) is 4.73 Å². The minimum Gasteiger partial charge on any atom is -0.335 e. The number of anilines is 2. The molecule has 182 valence electrons. The van der Waals surface area contributed by atoms with Crippen molar-refractivity contribution in [2.24, 2.45) is 0 Å². The molecule has 2 aromatic carbocycles. The molecular formula is C28H27N5O3. The van der Waals surface area contributed by atoms with E-state index in [0.29, 0.717) is 31.6 Å². The second-order valence-electron chi connectivity index (χ2n) is 9.39. The molecule has 0 unspecified atom stereocenters. The van der Waals surface area contributed by atoms with Gasteiger partial charge in [0.15, 0.2) is 5.82 Å². The summed E-state index contributed by atoms with van der Waals surface area (Å²) in [5.74, 6) is 0.483. The van der Waals surface area contributed by atoms with Crippen LogP contribution in [0.15, 0.2) is 73.2 Å². The van der Waals surface area contributed by atoms with E-state index in [-0.39, 0.29) is 11.9 Å². The van der Waals surface area contributed by atoms with Crippen LogP contribution < -0.4 is 9.74 Å². The van der Waals surface area contributed by atoms with Crippen molar-refractivity contribution in [1.82, 2.24) is 19.6 Å². The van der Waals surface area contributed by atoms with Crippen LogP contribution in [0.5, 0.6) is 0 Å². The van der Waals surface area contributed by atoms with Crippen LogP contribution in [0.3, 0.4) is 0 Å².